The van der Waals surface area contributed by atoms with Crippen molar-refractivity contribution in [3.63, 3.8) is 0 Å². The Kier molecular flexibility index (Phi) is 5.30. The maximum Gasteiger partial charge on any atom is 0.254 e. The number of benzene rings is 2. The molecule has 2 heterocycles. The predicted molar refractivity (Wildman–Crippen MR) is 109 cm³/mol. The Morgan fingerprint density at radius 3 is 2.64 bits per heavy atom. The van der Waals surface area contributed by atoms with Gasteiger partial charge in [-0.05, 0) is 42.7 Å². The van der Waals surface area contributed by atoms with Crippen molar-refractivity contribution in [2.24, 2.45) is 0 Å². The number of carbonyl (C=O) groups is 2. The average molecular weight is 379 g/mol. The molecule has 0 spiro atoms. The monoisotopic (exact) mass is 379 g/mol. The molecule has 6 nitrogen and oxygen atoms in total. The lowest BCUT2D eigenvalue weighted by Crippen LogP contribution is -2.41. The summed E-state index contributed by atoms with van der Waals surface area (Å²) in [5.74, 6) is 0.0542. The highest BCUT2D eigenvalue weighted by Crippen LogP contribution is 2.27. The number of nitrogens with zero attached hydrogens (tertiary/aromatic N) is 2. The van der Waals surface area contributed by atoms with Crippen LogP contribution in [-0.2, 0) is 16.0 Å². The molecule has 1 fully saturated rings. The summed E-state index contributed by atoms with van der Waals surface area (Å²) in [4.78, 5) is 29.2. The summed E-state index contributed by atoms with van der Waals surface area (Å²) in [6, 6.07) is 13.6. The Morgan fingerprint density at radius 2 is 1.82 bits per heavy atom. The van der Waals surface area contributed by atoms with Crippen molar-refractivity contribution >= 4 is 23.2 Å². The number of para-hydroxylation sites is 1. The fraction of sp³-hybridized carbons (Fsp3) is 0.364. The van der Waals surface area contributed by atoms with Crippen LogP contribution >= 0.6 is 0 Å². The molecule has 0 bridgehead atoms. The van der Waals surface area contributed by atoms with Crippen LogP contribution in [0.5, 0.6) is 0 Å². The lowest BCUT2D eigenvalue weighted by molar-refractivity contribution is -0.116. The largest absolute Gasteiger partial charge is 0.378 e. The van der Waals surface area contributed by atoms with Gasteiger partial charge in [0, 0.05) is 36.6 Å². The van der Waals surface area contributed by atoms with Crippen LogP contribution in [0.1, 0.15) is 21.5 Å². The highest BCUT2D eigenvalue weighted by Gasteiger charge is 2.24. The maximum absolute atomic E-state index is 12.8. The van der Waals surface area contributed by atoms with E-state index in [1.165, 1.54) is 5.56 Å². The number of rotatable bonds is 4. The first-order chi connectivity index (χ1) is 13.6. The van der Waals surface area contributed by atoms with Crippen LogP contribution in [0.15, 0.2) is 42.5 Å². The number of carbonyl (C=O) groups excluding carboxylic acids is 2. The third-order valence-electron chi connectivity index (χ3n) is 5.48. The van der Waals surface area contributed by atoms with Crippen molar-refractivity contribution in [3.05, 3.63) is 59.2 Å². The van der Waals surface area contributed by atoms with E-state index in [0.717, 1.165) is 23.4 Å². The number of morpholine rings is 1. The molecule has 2 amide bonds. The minimum Gasteiger partial charge on any atom is -0.378 e. The van der Waals surface area contributed by atoms with E-state index in [1.807, 2.05) is 53.1 Å². The standard InChI is InChI=1S/C22H25N3O3/c1-16-18(22(27)24-11-13-28-14-12-24)6-4-7-19(16)23-15-21(26)25-10-9-17-5-2-3-8-20(17)25/h2-8,23H,9-15H2,1H3. The zero-order valence-electron chi connectivity index (χ0n) is 16.1. The van der Waals surface area contributed by atoms with Crippen molar-refractivity contribution in [3.8, 4) is 0 Å². The summed E-state index contributed by atoms with van der Waals surface area (Å²) in [6.45, 7) is 5.22. The smallest absolute Gasteiger partial charge is 0.254 e. The molecule has 0 radical (unpaired) electrons. The Bertz CT molecular complexity index is 890. The van der Waals surface area contributed by atoms with Gasteiger partial charge in [0.2, 0.25) is 5.91 Å². The molecule has 146 valence electrons. The molecule has 1 N–H and O–H groups in total. The van der Waals surface area contributed by atoms with Crippen LogP contribution in [0.2, 0.25) is 0 Å². The van der Waals surface area contributed by atoms with E-state index >= 15 is 0 Å². The SMILES string of the molecule is Cc1c(NCC(=O)N2CCc3ccccc32)cccc1C(=O)N1CCOCC1. The average Bonchev–Trinajstić information content (AvgIpc) is 3.17. The zero-order valence-corrected chi connectivity index (χ0v) is 16.1. The van der Waals surface area contributed by atoms with Crippen molar-refractivity contribution in [1.29, 1.82) is 0 Å². The highest BCUT2D eigenvalue weighted by atomic mass is 16.5. The van der Waals surface area contributed by atoms with E-state index in [9.17, 15) is 9.59 Å². The zero-order chi connectivity index (χ0) is 19.5. The molecule has 4 rings (SSSR count). The molecule has 0 atom stereocenters. The van der Waals surface area contributed by atoms with Gasteiger partial charge in [0.15, 0.2) is 0 Å². The van der Waals surface area contributed by atoms with Crippen molar-refractivity contribution in [2.75, 3.05) is 49.6 Å². The van der Waals surface area contributed by atoms with Gasteiger partial charge in [0.05, 0.1) is 19.8 Å². The van der Waals surface area contributed by atoms with Gasteiger partial charge < -0.3 is 19.9 Å². The molecule has 6 heteroatoms. The third-order valence-corrected chi connectivity index (χ3v) is 5.48. The van der Waals surface area contributed by atoms with E-state index in [4.69, 9.17) is 4.74 Å². The fourth-order valence-electron chi connectivity index (χ4n) is 3.86. The van der Waals surface area contributed by atoms with E-state index < -0.39 is 0 Å². The second-order valence-electron chi connectivity index (χ2n) is 7.16. The van der Waals surface area contributed by atoms with Crippen LogP contribution in [0.3, 0.4) is 0 Å². The van der Waals surface area contributed by atoms with E-state index in [1.54, 1.807) is 0 Å². The molecule has 2 aromatic carbocycles. The molecule has 2 aliphatic heterocycles. The molecule has 28 heavy (non-hydrogen) atoms. The quantitative estimate of drug-likeness (QED) is 0.887. The van der Waals surface area contributed by atoms with Crippen molar-refractivity contribution in [2.45, 2.75) is 13.3 Å². The number of nitrogens with one attached hydrogen (secondary N) is 1. The van der Waals surface area contributed by atoms with Gasteiger partial charge in [-0.25, -0.2) is 0 Å². The van der Waals surface area contributed by atoms with Crippen LogP contribution < -0.4 is 10.2 Å². The molecule has 0 aliphatic carbocycles. The van der Waals surface area contributed by atoms with Crippen molar-refractivity contribution < 1.29 is 14.3 Å². The Labute approximate surface area is 165 Å². The topological polar surface area (TPSA) is 61.9 Å². The molecule has 0 unspecified atom stereocenters. The van der Waals surface area contributed by atoms with Gasteiger partial charge in [0.25, 0.3) is 5.91 Å². The van der Waals surface area contributed by atoms with Gasteiger partial charge in [-0.2, -0.15) is 0 Å². The maximum atomic E-state index is 12.8. The summed E-state index contributed by atoms with van der Waals surface area (Å²) in [6.07, 6.45) is 0.893. The predicted octanol–water partition coefficient (Wildman–Crippen LogP) is 2.47. The molecule has 2 aromatic rings. The second-order valence-corrected chi connectivity index (χ2v) is 7.16. The third kappa shape index (κ3) is 3.60. The molecular formula is C22H25N3O3. The first-order valence-corrected chi connectivity index (χ1v) is 9.74. The number of hydrogen-bond acceptors (Lipinski definition) is 4. The van der Waals surface area contributed by atoms with E-state index in [0.29, 0.717) is 38.4 Å². The van der Waals surface area contributed by atoms with Gasteiger partial charge in [-0.1, -0.05) is 24.3 Å². The minimum absolute atomic E-state index is 0.0178. The van der Waals surface area contributed by atoms with Gasteiger partial charge in [-0.15, -0.1) is 0 Å². The van der Waals surface area contributed by atoms with E-state index in [2.05, 4.69) is 11.4 Å². The summed E-state index contributed by atoms with van der Waals surface area (Å²) < 4.78 is 5.33. The second kappa shape index (κ2) is 8.02. The summed E-state index contributed by atoms with van der Waals surface area (Å²) in [5, 5.41) is 3.23. The summed E-state index contributed by atoms with van der Waals surface area (Å²) >= 11 is 0. The minimum atomic E-state index is 0.0178. The van der Waals surface area contributed by atoms with E-state index in [-0.39, 0.29) is 18.4 Å². The molecular weight excluding hydrogens is 354 g/mol. The number of hydrogen-bond donors (Lipinski definition) is 1. The van der Waals surface area contributed by atoms with Crippen LogP contribution in [-0.4, -0.2) is 56.1 Å². The molecule has 1 saturated heterocycles. The first-order valence-electron chi connectivity index (χ1n) is 9.74. The molecule has 2 aliphatic rings. The number of ether oxygens (including phenoxy) is 1. The first kappa shape index (κ1) is 18.5. The summed E-state index contributed by atoms with van der Waals surface area (Å²) in [7, 11) is 0. The molecule has 0 saturated carbocycles. The number of amides is 2. The lowest BCUT2D eigenvalue weighted by atomic mass is 10.0. The van der Waals surface area contributed by atoms with Crippen LogP contribution in [0.4, 0.5) is 11.4 Å². The number of anilines is 2. The fourth-order valence-corrected chi connectivity index (χ4v) is 3.86. The van der Waals surface area contributed by atoms with Crippen LogP contribution in [0, 0.1) is 6.92 Å². The Morgan fingerprint density at radius 1 is 1.04 bits per heavy atom. The van der Waals surface area contributed by atoms with Gasteiger partial charge in [0.1, 0.15) is 0 Å². The lowest BCUT2D eigenvalue weighted by Gasteiger charge is -2.27. The van der Waals surface area contributed by atoms with Gasteiger partial charge >= 0.3 is 0 Å². The van der Waals surface area contributed by atoms with Crippen molar-refractivity contribution in [1.82, 2.24) is 4.90 Å². The Hall–Kier alpha value is -2.86. The Balaban J connectivity index is 1.44. The van der Waals surface area contributed by atoms with Gasteiger partial charge in [-0.3, -0.25) is 9.59 Å². The normalized spacial score (nSPS) is 16.0. The summed E-state index contributed by atoms with van der Waals surface area (Å²) in [5.41, 5.74) is 4.58. The highest BCUT2D eigenvalue weighted by molar-refractivity contribution is 5.99. The van der Waals surface area contributed by atoms with Crippen LogP contribution in [0.25, 0.3) is 0 Å². The molecule has 0 aromatic heterocycles. The number of fused-ring (bicyclic) bond motifs is 1.